The first-order chi connectivity index (χ1) is 8.15. The monoisotopic (exact) mass is 252 g/mol. The van der Waals surface area contributed by atoms with Gasteiger partial charge in [-0.15, -0.1) is 0 Å². The lowest BCUT2D eigenvalue weighted by molar-refractivity contribution is 0.264. The minimum absolute atomic E-state index is 0.558. The van der Waals surface area contributed by atoms with Crippen LogP contribution in [0.2, 0.25) is 5.15 Å². The van der Waals surface area contributed by atoms with Gasteiger partial charge in [-0.2, -0.15) is 0 Å². The molecule has 2 atom stereocenters. The summed E-state index contributed by atoms with van der Waals surface area (Å²) in [6, 6.07) is 6.30. The summed E-state index contributed by atoms with van der Waals surface area (Å²) < 4.78 is 0. The maximum atomic E-state index is 5.89. The summed E-state index contributed by atoms with van der Waals surface area (Å²) in [6.45, 7) is 4.65. The molecule has 0 saturated heterocycles. The van der Waals surface area contributed by atoms with Crippen LogP contribution in [-0.2, 0) is 0 Å². The Morgan fingerprint density at radius 2 is 2.18 bits per heavy atom. The van der Waals surface area contributed by atoms with E-state index in [1.54, 1.807) is 0 Å². The summed E-state index contributed by atoms with van der Waals surface area (Å²) in [4.78, 5) is 4.29. The van der Waals surface area contributed by atoms with Crippen LogP contribution in [0.25, 0.3) is 0 Å². The molecule has 2 rings (SSSR count). The summed E-state index contributed by atoms with van der Waals surface area (Å²) in [5.74, 6) is 2.54. The van der Waals surface area contributed by atoms with Crippen molar-refractivity contribution in [2.75, 3.05) is 5.32 Å². The highest BCUT2D eigenvalue weighted by Gasteiger charge is 2.24. The smallest absolute Gasteiger partial charge is 0.131 e. The van der Waals surface area contributed by atoms with Crippen LogP contribution in [0.15, 0.2) is 18.2 Å². The molecule has 3 heteroatoms. The number of hydrogen-bond donors (Lipinski definition) is 1. The van der Waals surface area contributed by atoms with Crippen LogP contribution < -0.4 is 5.32 Å². The topological polar surface area (TPSA) is 24.9 Å². The Morgan fingerprint density at radius 3 is 2.88 bits per heavy atom. The van der Waals surface area contributed by atoms with Gasteiger partial charge in [-0.1, -0.05) is 44.4 Å². The van der Waals surface area contributed by atoms with Gasteiger partial charge in [0.25, 0.3) is 0 Å². The molecule has 1 aliphatic rings. The van der Waals surface area contributed by atoms with Crippen LogP contribution in [0, 0.1) is 11.8 Å². The van der Waals surface area contributed by atoms with Gasteiger partial charge in [-0.25, -0.2) is 4.98 Å². The van der Waals surface area contributed by atoms with Gasteiger partial charge in [-0.05, 0) is 36.8 Å². The molecule has 17 heavy (non-hydrogen) atoms. The zero-order valence-corrected chi connectivity index (χ0v) is 11.4. The van der Waals surface area contributed by atoms with Crippen LogP contribution in [0.3, 0.4) is 0 Å². The number of rotatable bonds is 3. The van der Waals surface area contributed by atoms with Gasteiger partial charge >= 0.3 is 0 Å². The van der Waals surface area contributed by atoms with Crippen molar-refractivity contribution in [1.82, 2.24) is 4.98 Å². The van der Waals surface area contributed by atoms with Crippen molar-refractivity contribution in [2.24, 2.45) is 11.8 Å². The van der Waals surface area contributed by atoms with Crippen molar-refractivity contribution in [3.63, 3.8) is 0 Å². The SMILES string of the molecule is CC(C)C1CCCC(Nc2cccc(Cl)n2)C1. The van der Waals surface area contributed by atoms with Crippen molar-refractivity contribution in [2.45, 2.75) is 45.6 Å². The van der Waals surface area contributed by atoms with Crippen LogP contribution in [0.4, 0.5) is 5.82 Å². The van der Waals surface area contributed by atoms with Gasteiger partial charge in [-0.3, -0.25) is 0 Å². The van der Waals surface area contributed by atoms with E-state index in [4.69, 9.17) is 11.6 Å². The molecule has 1 saturated carbocycles. The summed E-state index contributed by atoms with van der Waals surface area (Å²) in [7, 11) is 0. The third-order valence-electron chi connectivity index (χ3n) is 3.72. The summed E-state index contributed by atoms with van der Waals surface area (Å²) in [5, 5.41) is 4.07. The molecule has 1 heterocycles. The lowest BCUT2D eigenvalue weighted by atomic mass is 9.79. The Labute approximate surface area is 109 Å². The zero-order valence-electron chi connectivity index (χ0n) is 10.6. The van der Waals surface area contributed by atoms with E-state index < -0.39 is 0 Å². The molecule has 1 aromatic heterocycles. The maximum absolute atomic E-state index is 5.89. The predicted molar refractivity (Wildman–Crippen MR) is 73.5 cm³/mol. The Hall–Kier alpha value is -0.760. The Bertz CT molecular complexity index is 365. The van der Waals surface area contributed by atoms with E-state index in [2.05, 4.69) is 24.1 Å². The van der Waals surface area contributed by atoms with Gasteiger partial charge in [0, 0.05) is 6.04 Å². The van der Waals surface area contributed by atoms with E-state index in [1.165, 1.54) is 25.7 Å². The Morgan fingerprint density at radius 1 is 1.35 bits per heavy atom. The van der Waals surface area contributed by atoms with Crippen molar-refractivity contribution >= 4 is 17.4 Å². The Balaban J connectivity index is 1.94. The van der Waals surface area contributed by atoms with Crippen LogP contribution in [0.1, 0.15) is 39.5 Å². The lowest BCUT2D eigenvalue weighted by Gasteiger charge is -2.32. The average molecular weight is 253 g/mol. The van der Waals surface area contributed by atoms with Gasteiger partial charge in [0.2, 0.25) is 0 Å². The molecule has 2 unspecified atom stereocenters. The van der Waals surface area contributed by atoms with Crippen molar-refractivity contribution in [1.29, 1.82) is 0 Å². The fraction of sp³-hybridized carbons (Fsp3) is 0.643. The molecule has 0 spiro atoms. The quantitative estimate of drug-likeness (QED) is 0.809. The molecule has 0 radical (unpaired) electrons. The minimum Gasteiger partial charge on any atom is -0.367 e. The molecule has 1 fully saturated rings. The second-order valence-electron chi connectivity index (χ2n) is 5.36. The average Bonchev–Trinajstić information content (AvgIpc) is 2.29. The molecule has 1 N–H and O–H groups in total. The highest BCUT2D eigenvalue weighted by atomic mass is 35.5. The number of pyridine rings is 1. The number of nitrogens with one attached hydrogen (secondary N) is 1. The molecular weight excluding hydrogens is 232 g/mol. The van der Waals surface area contributed by atoms with E-state index in [9.17, 15) is 0 Å². The number of aromatic nitrogens is 1. The Kier molecular flexibility index (Phi) is 4.27. The van der Waals surface area contributed by atoms with Gasteiger partial charge < -0.3 is 5.32 Å². The lowest BCUT2D eigenvalue weighted by Crippen LogP contribution is -2.29. The van der Waals surface area contributed by atoms with Crippen molar-refractivity contribution in [3.05, 3.63) is 23.4 Å². The molecule has 94 valence electrons. The highest BCUT2D eigenvalue weighted by molar-refractivity contribution is 6.29. The van der Waals surface area contributed by atoms with Crippen LogP contribution in [-0.4, -0.2) is 11.0 Å². The van der Waals surface area contributed by atoms with Gasteiger partial charge in [0.1, 0.15) is 11.0 Å². The molecule has 0 aromatic carbocycles. The first-order valence-corrected chi connectivity index (χ1v) is 6.92. The predicted octanol–water partition coefficient (Wildman–Crippen LogP) is 4.36. The minimum atomic E-state index is 0.558. The molecule has 0 bridgehead atoms. The van der Waals surface area contributed by atoms with Crippen molar-refractivity contribution < 1.29 is 0 Å². The maximum Gasteiger partial charge on any atom is 0.131 e. The summed E-state index contributed by atoms with van der Waals surface area (Å²) in [6.07, 6.45) is 5.20. The molecule has 1 aliphatic carbocycles. The van der Waals surface area contributed by atoms with Crippen LogP contribution in [0.5, 0.6) is 0 Å². The largest absolute Gasteiger partial charge is 0.367 e. The molecule has 0 aliphatic heterocycles. The normalized spacial score (nSPS) is 24.9. The first kappa shape index (κ1) is 12.7. The highest BCUT2D eigenvalue weighted by Crippen LogP contribution is 2.31. The zero-order chi connectivity index (χ0) is 12.3. The summed E-state index contributed by atoms with van der Waals surface area (Å²) >= 11 is 5.89. The van der Waals surface area contributed by atoms with E-state index >= 15 is 0 Å². The third-order valence-corrected chi connectivity index (χ3v) is 3.94. The van der Waals surface area contributed by atoms with E-state index in [0.717, 1.165) is 17.7 Å². The standard InChI is InChI=1S/C14H21ClN2/c1-10(2)11-5-3-6-12(9-11)16-14-8-4-7-13(15)17-14/h4,7-8,10-12H,3,5-6,9H2,1-2H3,(H,16,17). The molecule has 2 nitrogen and oxygen atoms in total. The van der Waals surface area contributed by atoms with E-state index in [0.29, 0.717) is 11.2 Å². The fourth-order valence-corrected chi connectivity index (χ4v) is 2.83. The molecular formula is C14H21ClN2. The number of anilines is 1. The number of nitrogens with zero attached hydrogens (tertiary/aromatic N) is 1. The van der Waals surface area contributed by atoms with E-state index in [1.807, 2.05) is 18.2 Å². The van der Waals surface area contributed by atoms with Gasteiger partial charge in [0.05, 0.1) is 0 Å². The van der Waals surface area contributed by atoms with Gasteiger partial charge in [0.15, 0.2) is 0 Å². The van der Waals surface area contributed by atoms with Crippen LogP contribution >= 0.6 is 11.6 Å². The second kappa shape index (κ2) is 5.72. The first-order valence-electron chi connectivity index (χ1n) is 6.54. The fourth-order valence-electron chi connectivity index (χ4n) is 2.66. The second-order valence-corrected chi connectivity index (χ2v) is 5.74. The molecule has 1 aromatic rings. The number of halogens is 1. The van der Waals surface area contributed by atoms with Crippen molar-refractivity contribution in [3.8, 4) is 0 Å². The third kappa shape index (κ3) is 3.60. The molecule has 0 amide bonds. The summed E-state index contributed by atoms with van der Waals surface area (Å²) in [5.41, 5.74) is 0. The number of hydrogen-bond acceptors (Lipinski definition) is 2. The van der Waals surface area contributed by atoms with E-state index in [-0.39, 0.29) is 0 Å².